The summed E-state index contributed by atoms with van der Waals surface area (Å²) in [4.78, 5) is 23.3. The van der Waals surface area contributed by atoms with Crippen LogP contribution in [0.25, 0.3) is 5.82 Å². The molecule has 2 aromatic heterocycles. The van der Waals surface area contributed by atoms with Gasteiger partial charge in [0, 0.05) is 12.6 Å². The molecular weight excluding hydrogens is 382 g/mol. The van der Waals surface area contributed by atoms with Crippen LogP contribution in [0.2, 0.25) is 0 Å². The smallest absolute Gasteiger partial charge is 0.352 e. The van der Waals surface area contributed by atoms with Crippen LogP contribution in [-0.2, 0) is 12.6 Å². The molecule has 0 aliphatic heterocycles. The zero-order valence-electron chi connectivity index (χ0n) is 14.1. The molecule has 0 unspecified atom stereocenters. The number of H-pyrrole nitrogens is 1. The largest absolute Gasteiger partial charge is 0.434 e. The Morgan fingerprint density at radius 1 is 1.18 bits per heavy atom. The van der Waals surface area contributed by atoms with Crippen LogP contribution in [0, 0.1) is 5.82 Å². The molecule has 0 radical (unpaired) electrons. The van der Waals surface area contributed by atoms with Gasteiger partial charge in [0.2, 0.25) is 0 Å². The van der Waals surface area contributed by atoms with Gasteiger partial charge < -0.3 is 5.32 Å². The normalized spacial score (nSPS) is 11.4. The van der Waals surface area contributed by atoms with E-state index in [4.69, 9.17) is 0 Å². The van der Waals surface area contributed by atoms with E-state index < -0.39 is 34.7 Å². The number of aromatic nitrogens is 4. The van der Waals surface area contributed by atoms with E-state index in [1.54, 1.807) is 6.07 Å². The van der Waals surface area contributed by atoms with Crippen molar-refractivity contribution in [3.63, 3.8) is 0 Å². The van der Waals surface area contributed by atoms with Crippen molar-refractivity contribution in [2.24, 2.45) is 0 Å². The molecule has 2 heterocycles. The van der Waals surface area contributed by atoms with E-state index >= 15 is 0 Å². The second kappa shape index (κ2) is 7.62. The van der Waals surface area contributed by atoms with E-state index in [9.17, 15) is 27.2 Å². The van der Waals surface area contributed by atoms with Crippen LogP contribution >= 0.6 is 0 Å². The number of nitrogens with zero attached hydrogens (tertiary/aromatic N) is 3. The molecule has 0 saturated heterocycles. The highest BCUT2D eigenvalue weighted by Crippen LogP contribution is 2.33. The van der Waals surface area contributed by atoms with E-state index in [0.29, 0.717) is 10.2 Å². The third kappa shape index (κ3) is 4.08. The van der Waals surface area contributed by atoms with Crippen LogP contribution in [-0.4, -0.2) is 32.4 Å². The number of alkyl halides is 3. The molecule has 0 fully saturated rings. The average Bonchev–Trinajstić information content (AvgIpc) is 3.09. The second-order valence-corrected chi connectivity index (χ2v) is 5.69. The summed E-state index contributed by atoms with van der Waals surface area (Å²) in [6.07, 6.45) is -4.05. The number of benzene rings is 1. The predicted molar refractivity (Wildman–Crippen MR) is 89.4 cm³/mol. The minimum absolute atomic E-state index is 0.0703. The number of carbonyl (C=O) groups excluding carboxylic acids is 1. The maximum atomic E-state index is 13.6. The number of amides is 1. The number of nitrogens with one attached hydrogen (secondary N) is 2. The van der Waals surface area contributed by atoms with Crippen LogP contribution in [0.15, 0.2) is 47.4 Å². The van der Waals surface area contributed by atoms with Crippen molar-refractivity contribution in [2.75, 3.05) is 6.54 Å². The van der Waals surface area contributed by atoms with E-state index in [1.807, 2.05) is 5.10 Å². The Morgan fingerprint density at radius 2 is 1.93 bits per heavy atom. The van der Waals surface area contributed by atoms with Gasteiger partial charge in [-0.05, 0) is 24.1 Å². The Morgan fingerprint density at radius 3 is 2.57 bits per heavy atom. The molecule has 0 aliphatic carbocycles. The van der Waals surface area contributed by atoms with Crippen molar-refractivity contribution >= 4 is 5.91 Å². The Bertz CT molecular complexity index is 1040. The lowest BCUT2D eigenvalue weighted by molar-refractivity contribution is -0.143. The van der Waals surface area contributed by atoms with Gasteiger partial charge in [-0.2, -0.15) is 23.4 Å². The Labute approximate surface area is 155 Å². The highest BCUT2D eigenvalue weighted by Gasteiger charge is 2.40. The first-order valence-corrected chi connectivity index (χ1v) is 8.00. The monoisotopic (exact) mass is 395 g/mol. The maximum Gasteiger partial charge on any atom is 0.434 e. The van der Waals surface area contributed by atoms with Gasteiger partial charge in [-0.15, -0.1) is 0 Å². The van der Waals surface area contributed by atoms with Crippen LogP contribution in [0.4, 0.5) is 17.6 Å². The van der Waals surface area contributed by atoms with Crippen LogP contribution in [0.3, 0.4) is 0 Å². The molecule has 0 aliphatic rings. The number of hydrogen-bond donors (Lipinski definition) is 2. The van der Waals surface area contributed by atoms with Gasteiger partial charge in [0.25, 0.3) is 11.5 Å². The van der Waals surface area contributed by atoms with Gasteiger partial charge in [0.05, 0.1) is 11.8 Å². The number of halogens is 4. The summed E-state index contributed by atoms with van der Waals surface area (Å²) in [5.74, 6) is -1.79. The van der Waals surface area contributed by atoms with E-state index in [0.717, 1.165) is 18.3 Å². The highest BCUT2D eigenvalue weighted by atomic mass is 19.4. The molecule has 0 spiro atoms. The Hall–Kier alpha value is -3.50. The quantitative estimate of drug-likeness (QED) is 0.647. The first kappa shape index (κ1) is 19.3. The van der Waals surface area contributed by atoms with Gasteiger partial charge in [0.1, 0.15) is 5.82 Å². The van der Waals surface area contributed by atoms with Crippen molar-refractivity contribution < 1.29 is 22.4 Å². The molecule has 146 valence electrons. The predicted octanol–water partition coefficient (Wildman–Crippen LogP) is 2.09. The summed E-state index contributed by atoms with van der Waals surface area (Å²) in [6, 6.07) is 7.91. The van der Waals surface area contributed by atoms with Crippen molar-refractivity contribution in [3.05, 3.63) is 75.6 Å². The van der Waals surface area contributed by atoms with Crippen molar-refractivity contribution in [2.45, 2.75) is 12.6 Å². The van der Waals surface area contributed by atoms with E-state index in [1.165, 1.54) is 18.2 Å². The number of carbonyl (C=O) groups is 1. The van der Waals surface area contributed by atoms with Gasteiger partial charge in [-0.3, -0.25) is 9.59 Å². The van der Waals surface area contributed by atoms with Crippen LogP contribution < -0.4 is 10.9 Å². The summed E-state index contributed by atoms with van der Waals surface area (Å²) >= 11 is 0. The van der Waals surface area contributed by atoms with E-state index in [-0.39, 0.29) is 18.8 Å². The molecule has 2 N–H and O–H groups in total. The SMILES string of the molecule is O=C(NCCc1ccccc1F)c1cnn(-c2ccc(=O)[nH]n2)c1C(F)(F)F. The topological polar surface area (TPSA) is 92.7 Å². The molecule has 1 amide bonds. The molecular formula is C17H13F4N5O2. The van der Waals surface area contributed by atoms with Crippen molar-refractivity contribution in [1.29, 1.82) is 0 Å². The van der Waals surface area contributed by atoms with Gasteiger partial charge >= 0.3 is 6.18 Å². The number of hydrogen-bond acceptors (Lipinski definition) is 4. The zero-order chi connectivity index (χ0) is 20.3. The summed E-state index contributed by atoms with van der Waals surface area (Å²) in [5, 5.41) is 11.4. The van der Waals surface area contributed by atoms with Gasteiger partial charge in [-0.25, -0.2) is 14.2 Å². The van der Waals surface area contributed by atoms with Crippen molar-refractivity contribution in [3.8, 4) is 5.82 Å². The first-order valence-electron chi connectivity index (χ1n) is 8.00. The fourth-order valence-corrected chi connectivity index (χ4v) is 2.52. The van der Waals surface area contributed by atoms with Crippen LogP contribution in [0.5, 0.6) is 0 Å². The molecule has 7 nitrogen and oxygen atoms in total. The Balaban J connectivity index is 1.83. The first-order chi connectivity index (χ1) is 13.3. The average molecular weight is 395 g/mol. The third-order valence-electron chi connectivity index (χ3n) is 3.80. The molecule has 0 bridgehead atoms. The van der Waals surface area contributed by atoms with Gasteiger partial charge in [0.15, 0.2) is 11.5 Å². The molecule has 3 aromatic rings. The summed E-state index contributed by atoms with van der Waals surface area (Å²) < 4.78 is 54.5. The summed E-state index contributed by atoms with van der Waals surface area (Å²) in [6.45, 7) is -0.0703. The van der Waals surface area contributed by atoms with E-state index in [2.05, 4.69) is 15.5 Å². The molecule has 3 rings (SSSR count). The molecule has 1 aromatic carbocycles. The lowest BCUT2D eigenvalue weighted by Gasteiger charge is -2.12. The minimum Gasteiger partial charge on any atom is -0.352 e. The number of rotatable bonds is 5. The maximum absolute atomic E-state index is 13.6. The minimum atomic E-state index is -4.91. The van der Waals surface area contributed by atoms with Crippen LogP contribution in [0.1, 0.15) is 21.6 Å². The lowest BCUT2D eigenvalue weighted by Crippen LogP contribution is -2.28. The fraction of sp³-hybridized carbons (Fsp3) is 0.176. The lowest BCUT2D eigenvalue weighted by atomic mass is 10.1. The highest BCUT2D eigenvalue weighted by molar-refractivity contribution is 5.95. The molecule has 0 saturated carbocycles. The van der Waals surface area contributed by atoms with Crippen molar-refractivity contribution in [1.82, 2.24) is 25.3 Å². The summed E-state index contributed by atoms with van der Waals surface area (Å²) in [7, 11) is 0. The molecule has 11 heteroatoms. The number of aromatic amines is 1. The molecule has 0 atom stereocenters. The zero-order valence-corrected chi connectivity index (χ0v) is 14.1. The second-order valence-electron chi connectivity index (χ2n) is 5.69. The van der Waals surface area contributed by atoms with Gasteiger partial charge in [-0.1, -0.05) is 18.2 Å². The Kier molecular flexibility index (Phi) is 5.25. The third-order valence-corrected chi connectivity index (χ3v) is 3.80. The molecule has 28 heavy (non-hydrogen) atoms. The summed E-state index contributed by atoms with van der Waals surface area (Å²) in [5.41, 5.74) is -2.33. The standard InChI is InChI=1S/C17H13F4N5O2/c18-12-4-2-1-3-10(12)7-8-22-16(28)11-9-23-26(15(11)17(19,20)21)13-5-6-14(27)25-24-13/h1-6,9H,7-8H2,(H,22,28)(H,25,27). The fourth-order valence-electron chi connectivity index (χ4n) is 2.52.